The van der Waals surface area contributed by atoms with Crippen molar-refractivity contribution in [2.45, 2.75) is 32.9 Å². The summed E-state index contributed by atoms with van der Waals surface area (Å²) in [4.78, 5) is 3.88. The maximum absolute atomic E-state index is 11.1. The molecular formula is C16H20ClN3O2. The second-order valence-corrected chi connectivity index (χ2v) is 6.74. The van der Waals surface area contributed by atoms with E-state index in [0.29, 0.717) is 10.6 Å². The predicted molar refractivity (Wildman–Crippen MR) is 86.5 cm³/mol. The average Bonchev–Trinajstić information content (AvgIpc) is 2.90. The molecule has 0 saturated heterocycles. The first-order valence-corrected chi connectivity index (χ1v) is 7.32. The van der Waals surface area contributed by atoms with E-state index in [1.54, 1.807) is 24.3 Å². The lowest BCUT2D eigenvalue weighted by molar-refractivity contribution is -0.0309. The molecule has 6 heteroatoms. The number of rotatable bonds is 4. The van der Waals surface area contributed by atoms with Gasteiger partial charge in [0.25, 0.3) is 0 Å². The van der Waals surface area contributed by atoms with Gasteiger partial charge in [-0.25, -0.2) is 9.67 Å². The van der Waals surface area contributed by atoms with Crippen molar-refractivity contribution >= 4 is 17.4 Å². The van der Waals surface area contributed by atoms with E-state index in [9.17, 15) is 10.2 Å². The minimum atomic E-state index is -1.30. The highest BCUT2D eigenvalue weighted by Gasteiger charge is 2.39. The highest BCUT2D eigenvalue weighted by atomic mass is 35.5. The zero-order valence-electron chi connectivity index (χ0n) is 12.9. The van der Waals surface area contributed by atoms with Crippen LogP contribution in [0.3, 0.4) is 0 Å². The predicted octanol–water partition coefficient (Wildman–Crippen LogP) is 3.31. The number of aliphatic hydroxyl groups excluding tert-OH is 1. The standard InChI is InChI=1S/C16H20ClN3O2/c1-15(2,3)16(22,9-20-11-18-10-19-20)8-14(21)12-4-6-13(17)7-5-12/h4-8,10-11,21-22H,9H2,1-3H3/b14-8-. The fourth-order valence-corrected chi connectivity index (χ4v) is 2.12. The second-order valence-electron chi connectivity index (χ2n) is 6.30. The Balaban J connectivity index is 2.37. The number of aliphatic hydroxyl groups is 2. The van der Waals surface area contributed by atoms with Gasteiger partial charge in [0.15, 0.2) is 0 Å². The maximum atomic E-state index is 11.1. The Morgan fingerprint density at radius 2 is 1.91 bits per heavy atom. The molecule has 0 spiro atoms. The van der Waals surface area contributed by atoms with E-state index in [0.717, 1.165) is 0 Å². The molecule has 0 aliphatic heterocycles. The van der Waals surface area contributed by atoms with E-state index in [2.05, 4.69) is 10.1 Å². The first-order chi connectivity index (χ1) is 10.2. The van der Waals surface area contributed by atoms with E-state index >= 15 is 0 Å². The van der Waals surface area contributed by atoms with Crippen LogP contribution in [-0.4, -0.2) is 30.6 Å². The molecule has 0 aliphatic rings. The van der Waals surface area contributed by atoms with Gasteiger partial charge in [-0.2, -0.15) is 5.10 Å². The lowest BCUT2D eigenvalue weighted by atomic mass is 9.75. The monoisotopic (exact) mass is 321 g/mol. The number of hydrogen-bond donors (Lipinski definition) is 2. The smallest absolute Gasteiger partial charge is 0.137 e. The Bertz CT molecular complexity index is 645. The van der Waals surface area contributed by atoms with Crippen LogP contribution < -0.4 is 0 Å². The highest BCUT2D eigenvalue weighted by Crippen LogP contribution is 2.35. The molecule has 0 radical (unpaired) electrons. The molecule has 1 heterocycles. The molecule has 0 fully saturated rings. The summed E-state index contributed by atoms with van der Waals surface area (Å²) in [6, 6.07) is 6.78. The summed E-state index contributed by atoms with van der Waals surface area (Å²) >= 11 is 5.85. The molecule has 0 bridgehead atoms. The molecule has 2 aromatic rings. The minimum absolute atomic E-state index is 0.00536. The Hall–Kier alpha value is -1.85. The fourth-order valence-electron chi connectivity index (χ4n) is 1.99. The van der Waals surface area contributed by atoms with E-state index in [1.165, 1.54) is 23.4 Å². The third-order valence-electron chi connectivity index (χ3n) is 3.68. The van der Waals surface area contributed by atoms with Crippen LogP contribution in [0.15, 0.2) is 43.0 Å². The van der Waals surface area contributed by atoms with Gasteiger partial charge in [-0.1, -0.05) is 32.4 Å². The maximum Gasteiger partial charge on any atom is 0.137 e. The first-order valence-electron chi connectivity index (χ1n) is 6.94. The van der Waals surface area contributed by atoms with Crippen molar-refractivity contribution in [3.05, 3.63) is 53.6 Å². The summed E-state index contributed by atoms with van der Waals surface area (Å²) in [5.74, 6) is -0.00536. The van der Waals surface area contributed by atoms with Crippen molar-refractivity contribution in [3.63, 3.8) is 0 Å². The molecule has 5 nitrogen and oxygen atoms in total. The van der Waals surface area contributed by atoms with Crippen LogP contribution >= 0.6 is 11.6 Å². The van der Waals surface area contributed by atoms with Crippen molar-refractivity contribution in [3.8, 4) is 0 Å². The SMILES string of the molecule is CC(C)(C)C(O)(/C=C(\O)c1ccc(Cl)cc1)Cn1cncn1. The molecule has 0 saturated carbocycles. The molecule has 0 aliphatic carbocycles. The quantitative estimate of drug-likeness (QED) is 0.847. The average molecular weight is 322 g/mol. The lowest BCUT2D eigenvalue weighted by Gasteiger charge is -2.37. The fraction of sp³-hybridized carbons (Fsp3) is 0.375. The van der Waals surface area contributed by atoms with Crippen LogP contribution in [0.1, 0.15) is 26.3 Å². The third-order valence-corrected chi connectivity index (χ3v) is 3.94. The summed E-state index contributed by atoms with van der Waals surface area (Å²) in [5.41, 5.74) is -1.23. The molecule has 2 N–H and O–H groups in total. The molecular weight excluding hydrogens is 302 g/mol. The van der Waals surface area contributed by atoms with Crippen molar-refractivity contribution in [2.24, 2.45) is 5.41 Å². The third kappa shape index (κ3) is 3.67. The number of hydrogen-bond acceptors (Lipinski definition) is 4. The highest BCUT2D eigenvalue weighted by molar-refractivity contribution is 6.30. The van der Waals surface area contributed by atoms with Crippen molar-refractivity contribution in [1.29, 1.82) is 0 Å². The summed E-state index contributed by atoms with van der Waals surface area (Å²) < 4.78 is 1.54. The Labute approximate surface area is 134 Å². The molecule has 118 valence electrons. The van der Waals surface area contributed by atoms with Gasteiger partial charge in [0.05, 0.1) is 6.54 Å². The van der Waals surface area contributed by atoms with E-state index in [1.807, 2.05) is 20.8 Å². The summed E-state index contributed by atoms with van der Waals surface area (Å²) in [6.07, 6.45) is 4.40. The molecule has 22 heavy (non-hydrogen) atoms. The molecule has 2 rings (SSSR count). The lowest BCUT2D eigenvalue weighted by Crippen LogP contribution is -2.45. The molecule has 0 amide bonds. The van der Waals surface area contributed by atoms with E-state index < -0.39 is 11.0 Å². The molecule has 1 aromatic heterocycles. The molecule has 1 unspecified atom stereocenters. The van der Waals surface area contributed by atoms with Gasteiger partial charge < -0.3 is 10.2 Å². The van der Waals surface area contributed by atoms with Gasteiger partial charge in [0.2, 0.25) is 0 Å². The Morgan fingerprint density at radius 1 is 1.27 bits per heavy atom. The largest absolute Gasteiger partial charge is 0.508 e. The van der Waals surface area contributed by atoms with Crippen molar-refractivity contribution < 1.29 is 10.2 Å². The summed E-state index contributed by atoms with van der Waals surface area (Å²) in [7, 11) is 0. The molecule has 1 atom stereocenters. The number of nitrogens with zero attached hydrogens (tertiary/aromatic N) is 3. The van der Waals surface area contributed by atoms with Crippen LogP contribution in [0.2, 0.25) is 5.02 Å². The normalized spacial score (nSPS) is 15.6. The van der Waals surface area contributed by atoms with Crippen LogP contribution in [0.25, 0.3) is 5.76 Å². The number of halogens is 1. The van der Waals surface area contributed by atoms with E-state index in [-0.39, 0.29) is 12.3 Å². The van der Waals surface area contributed by atoms with Gasteiger partial charge in [0.1, 0.15) is 24.0 Å². The van der Waals surface area contributed by atoms with Gasteiger partial charge in [-0.05, 0) is 35.8 Å². The molecule has 1 aromatic carbocycles. The number of aromatic nitrogens is 3. The van der Waals surface area contributed by atoms with Crippen molar-refractivity contribution in [1.82, 2.24) is 14.8 Å². The van der Waals surface area contributed by atoms with Gasteiger partial charge in [-0.3, -0.25) is 0 Å². The Morgan fingerprint density at radius 3 is 2.41 bits per heavy atom. The van der Waals surface area contributed by atoms with E-state index in [4.69, 9.17) is 11.6 Å². The summed E-state index contributed by atoms with van der Waals surface area (Å²) in [6.45, 7) is 5.88. The van der Waals surface area contributed by atoms with Gasteiger partial charge in [0, 0.05) is 10.6 Å². The number of benzene rings is 1. The summed E-state index contributed by atoms with van der Waals surface area (Å²) in [5, 5.41) is 26.0. The van der Waals surface area contributed by atoms with Crippen LogP contribution in [-0.2, 0) is 6.54 Å². The zero-order chi connectivity index (χ0) is 16.4. The second kappa shape index (κ2) is 6.10. The van der Waals surface area contributed by atoms with Gasteiger partial charge in [-0.15, -0.1) is 0 Å². The van der Waals surface area contributed by atoms with Crippen LogP contribution in [0.5, 0.6) is 0 Å². The van der Waals surface area contributed by atoms with Crippen molar-refractivity contribution in [2.75, 3.05) is 0 Å². The zero-order valence-corrected chi connectivity index (χ0v) is 13.6. The van der Waals surface area contributed by atoms with Crippen LogP contribution in [0.4, 0.5) is 0 Å². The van der Waals surface area contributed by atoms with Crippen LogP contribution in [0, 0.1) is 5.41 Å². The van der Waals surface area contributed by atoms with Gasteiger partial charge >= 0.3 is 0 Å². The minimum Gasteiger partial charge on any atom is -0.508 e. The Kier molecular flexibility index (Phi) is 4.58. The first kappa shape index (κ1) is 16.5. The topological polar surface area (TPSA) is 71.2 Å².